The molecule has 0 fully saturated rings. The molecule has 0 unspecified atom stereocenters. The Kier molecular flexibility index (Phi) is 5.94. The van der Waals surface area contributed by atoms with Crippen molar-refractivity contribution in [2.75, 3.05) is 5.32 Å². The minimum atomic E-state index is -0.564. The van der Waals surface area contributed by atoms with Gasteiger partial charge in [-0.3, -0.25) is 14.4 Å². The smallest absolute Gasteiger partial charge is 0.279 e. The molecule has 0 aliphatic carbocycles. The summed E-state index contributed by atoms with van der Waals surface area (Å²) in [6, 6.07) is 25.3. The minimum absolute atomic E-state index is 0.0950. The number of amides is 2. The number of primary amides is 1. The molecule has 5 aromatic rings. The first-order chi connectivity index (χ1) is 17.5. The van der Waals surface area contributed by atoms with Gasteiger partial charge in [-0.15, -0.1) is 0 Å². The van der Waals surface area contributed by atoms with Crippen molar-refractivity contribution in [3.05, 3.63) is 119 Å². The molecule has 0 spiro atoms. The lowest BCUT2D eigenvalue weighted by molar-refractivity contribution is 0.0997. The molecule has 0 saturated heterocycles. The number of anilines is 1. The maximum Gasteiger partial charge on any atom is 0.279 e. The molecule has 0 saturated carbocycles. The Morgan fingerprint density at radius 2 is 1.61 bits per heavy atom. The van der Waals surface area contributed by atoms with Gasteiger partial charge in [0.2, 0.25) is 11.8 Å². The van der Waals surface area contributed by atoms with E-state index >= 15 is 0 Å². The Labute approximate surface area is 204 Å². The fourth-order valence-corrected chi connectivity index (χ4v) is 3.64. The SMILES string of the molecule is NC(=O)c1cccc(Oc2ccc(NC(=O)c3nn(-c4ccccc4)c(=O)c4ccccc34)cn2)c1. The van der Waals surface area contributed by atoms with E-state index < -0.39 is 11.8 Å². The van der Waals surface area contributed by atoms with Crippen molar-refractivity contribution in [2.24, 2.45) is 5.73 Å². The van der Waals surface area contributed by atoms with Crippen molar-refractivity contribution in [1.82, 2.24) is 14.8 Å². The van der Waals surface area contributed by atoms with Crippen molar-refractivity contribution in [3.63, 3.8) is 0 Å². The molecule has 5 rings (SSSR count). The lowest BCUT2D eigenvalue weighted by Crippen LogP contribution is -2.26. The van der Waals surface area contributed by atoms with Crippen LogP contribution < -0.4 is 21.3 Å². The zero-order valence-corrected chi connectivity index (χ0v) is 18.8. The van der Waals surface area contributed by atoms with Crippen molar-refractivity contribution >= 4 is 28.3 Å². The summed E-state index contributed by atoms with van der Waals surface area (Å²) in [5.74, 6) is -0.406. The summed E-state index contributed by atoms with van der Waals surface area (Å²) in [7, 11) is 0. The highest BCUT2D eigenvalue weighted by Gasteiger charge is 2.18. The number of carbonyl (C=O) groups is 2. The van der Waals surface area contributed by atoms with Crippen LogP contribution in [0.2, 0.25) is 0 Å². The van der Waals surface area contributed by atoms with Gasteiger partial charge in [0.25, 0.3) is 11.5 Å². The molecule has 3 N–H and O–H groups in total. The minimum Gasteiger partial charge on any atom is -0.439 e. The number of benzene rings is 3. The molecule has 36 heavy (non-hydrogen) atoms. The maximum absolute atomic E-state index is 13.2. The van der Waals surface area contributed by atoms with E-state index in [1.807, 2.05) is 6.07 Å². The van der Waals surface area contributed by atoms with Gasteiger partial charge in [0.05, 0.1) is 23.0 Å². The van der Waals surface area contributed by atoms with Crippen LogP contribution in [0.15, 0.2) is 102 Å². The molecule has 2 aromatic heterocycles. The van der Waals surface area contributed by atoms with Crippen LogP contribution >= 0.6 is 0 Å². The standard InChI is InChI=1S/C27H19N5O4/c28-25(33)17-7-6-10-20(15-17)36-23-14-13-18(16-29-23)30-26(34)24-21-11-4-5-12-22(21)27(35)32(31-24)19-8-2-1-3-9-19/h1-16H,(H2,28,33)(H,30,34). The number of nitrogens with one attached hydrogen (secondary N) is 1. The molecule has 0 bridgehead atoms. The van der Waals surface area contributed by atoms with Gasteiger partial charge in [0, 0.05) is 17.0 Å². The normalized spacial score (nSPS) is 10.7. The molecule has 0 atom stereocenters. The molecule has 0 radical (unpaired) electrons. The molecule has 3 aromatic carbocycles. The predicted molar refractivity (Wildman–Crippen MR) is 135 cm³/mol. The predicted octanol–water partition coefficient (Wildman–Crippen LogP) is 3.92. The second-order valence-corrected chi connectivity index (χ2v) is 7.78. The van der Waals surface area contributed by atoms with Gasteiger partial charge in [-0.2, -0.15) is 9.78 Å². The molecule has 9 nitrogen and oxygen atoms in total. The van der Waals surface area contributed by atoms with E-state index in [1.54, 1.807) is 78.9 Å². The van der Waals surface area contributed by atoms with E-state index in [-0.39, 0.29) is 17.1 Å². The van der Waals surface area contributed by atoms with Gasteiger partial charge >= 0.3 is 0 Å². The number of aromatic nitrogens is 3. The molecule has 2 amide bonds. The summed E-state index contributed by atoms with van der Waals surface area (Å²) >= 11 is 0. The number of pyridine rings is 1. The van der Waals surface area contributed by atoms with E-state index in [2.05, 4.69) is 15.4 Å². The lowest BCUT2D eigenvalue weighted by Gasteiger charge is -2.11. The largest absolute Gasteiger partial charge is 0.439 e. The highest BCUT2D eigenvalue weighted by atomic mass is 16.5. The van der Waals surface area contributed by atoms with Crippen LogP contribution in [-0.2, 0) is 0 Å². The zero-order chi connectivity index (χ0) is 25.1. The third-order valence-corrected chi connectivity index (χ3v) is 5.36. The number of ether oxygens (including phenoxy) is 1. The number of hydrogen-bond donors (Lipinski definition) is 2. The number of para-hydroxylation sites is 1. The van der Waals surface area contributed by atoms with Crippen molar-refractivity contribution < 1.29 is 14.3 Å². The van der Waals surface area contributed by atoms with Gasteiger partial charge < -0.3 is 15.8 Å². The van der Waals surface area contributed by atoms with Crippen LogP contribution in [0.1, 0.15) is 20.8 Å². The Morgan fingerprint density at radius 3 is 2.33 bits per heavy atom. The second kappa shape index (κ2) is 9.51. The van der Waals surface area contributed by atoms with Crippen LogP contribution in [0.25, 0.3) is 16.5 Å². The Morgan fingerprint density at radius 1 is 0.861 bits per heavy atom. The third-order valence-electron chi connectivity index (χ3n) is 5.36. The fourth-order valence-electron chi connectivity index (χ4n) is 3.64. The molecule has 2 heterocycles. The average Bonchev–Trinajstić information content (AvgIpc) is 2.91. The Bertz CT molecular complexity index is 1650. The lowest BCUT2D eigenvalue weighted by atomic mass is 10.1. The van der Waals surface area contributed by atoms with Crippen molar-refractivity contribution in [2.45, 2.75) is 0 Å². The van der Waals surface area contributed by atoms with E-state index in [0.717, 1.165) is 0 Å². The molecule has 9 heteroatoms. The number of fused-ring (bicyclic) bond motifs is 1. The zero-order valence-electron chi connectivity index (χ0n) is 18.8. The van der Waals surface area contributed by atoms with Crippen molar-refractivity contribution in [3.8, 4) is 17.3 Å². The summed E-state index contributed by atoms with van der Waals surface area (Å²) in [6.45, 7) is 0. The summed E-state index contributed by atoms with van der Waals surface area (Å²) < 4.78 is 6.88. The third kappa shape index (κ3) is 4.53. The van der Waals surface area contributed by atoms with Gasteiger partial charge in [-0.05, 0) is 42.5 Å². The van der Waals surface area contributed by atoms with Gasteiger partial charge in [-0.25, -0.2) is 4.98 Å². The van der Waals surface area contributed by atoms with E-state index in [0.29, 0.717) is 33.5 Å². The van der Waals surface area contributed by atoms with Crippen LogP contribution in [-0.4, -0.2) is 26.6 Å². The topological polar surface area (TPSA) is 129 Å². The Hall–Kier alpha value is -5.31. The van der Waals surface area contributed by atoms with Crippen LogP contribution in [0.4, 0.5) is 5.69 Å². The van der Waals surface area contributed by atoms with E-state index in [9.17, 15) is 14.4 Å². The molecular formula is C27H19N5O4. The van der Waals surface area contributed by atoms with Gasteiger partial charge in [-0.1, -0.05) is 42.5 Å². The second-order valence-electron chi connectivity index (χ2n) is 7.78. The summed E-state index contributed by atoms with van der Waals surface area (Å²) in [5.41, 5.74) is 6.34. The summed E-state index contributed by atoms with van der Waals surface area (Å²) in [4.78, 5) is 41.8. The van der Waals surface area contributed by atoms with Gasteiger partial charge in [0.1, 0.15) is 5.75 Å². The fraction of sp³-hybridized carbons (Fsp3) is 0. The highest BCUT2D eigenvalue weighted by molar-refractivity contribution is 6.11. The van der Waals surface area contributed by atoms with Crippen LogP contribution in [0.5, 0.6) is 11.6 Å². The number of hydrogen-bond acceptors (Lipinski definition) is 6. The quantitative estimate of drug-likeness (QED) is 0.381. The molecular weight excluding hydrogens is 458 g/mol. The van der Waals surface area contributed by atoms with Crippen LogP contribution in [0.3, 0.4) is 0 Å². The first-order valence-corrected chi connectivity index (χ1v) is 10.9. The number of nitrogens with zero attached hydrogens (tertiary/aromatic N) is 3. The first kappa shape index (κ1) is 22.5. The van der Waals surface area contributed by atoms with E-state index in [1.165, 1.54) is 16.9 Å². The number of carbonyl (C=O) groups excluding carboxylic acids is 2. The van der Waals surface area contributed by atoms with Crippen LogP contribution in [0, 0.1) is 0 Å². The summed E-state index contributed by atoms with van der Waals surface area (Å²) in [5, 5.41) is 7.96. The average molecular weight is 477 g/mol. The number of rotatable bonds is 6. The Balaban J connectivity index is 1.42. The number of nitrogens with two attached hydrogens (primary N) is 1. The molecule has 176 valence electrons. The molecule has 0 aliphatic heterocycles. The van der Waals surface area contributed by atoms with Gasteiger partial charge in [0.15, 0.2) is 5.69 Å². The summed E-state index contributed by atoms with van der Waals surface area (Å²) in [6.07, 6.45) is 1.43. The van der Waals surface area contributed by atoms with E-state index in [4.69, 9.17) is 10.5 Å². The maximum atomic E-state index is 13.2. The van der Waals surface area contributed by atoms with Crippen molar-refractivity contribution in [1.29, 1.82) is 0 Å². The molecule has 0 aliphatic rings. The highest BCUT2D eigenvalue weighted by Crippen LogP contribution is 2.22. The monoisotopic (exact) mass is 477 g/mol. The first-order valence-electron chi connectivity index (χ1n) is 10.9.